The molecule has 0 radical (unpaired) electrons. The molecule has 13 heavy (non-hydrogen) atoms. The fourth-order valence-corrected chi connectivity index (χ4v) is 3.95. The maximum Gasteiger partial charge on any atom is 0.173 e. The summed E-state index contributed by atoms with van der Waals surface area (Å²) in [4.78, 5) is 0. The van der Waals surface area contributed by atoms with E-state index in [9.17, 15) is 0 Å². The molecule has 0 bridgehead atoms. The molecular formula is C8H13NOS3. The molecule has 0 aliphatic heterocycles. The van der Waals surface area contributed by atoms with E-state index in [1.54, 1.807) is 35.3 Å². The van der Waals surface area contributed by atoms with Crippen LogP contribution in [0, 0.1) is 6.92 Å². The van der Waals surface area contributed by atoms with Crippen molar-refractivity contribution >= 4 is 35.3 Å². The van der Waals surface area contributed by atoms with E-state index < -0.39 is 0 Å². The van der Waals surface area contributed by atoms with Crippen molar-refractivity contribution in [3.05, 3.63) is 17.5 Å². The van der Waals surface area contributed by atoms with Crippen LogP contribution >= 0.6 is 35.3 Å². The standard InChI is InChI=1S/C8H13NOS3/c1-6-5-7(10-9-6)8(11-2,12-3)13-4/h5H,1-4H3. The Bertz CT molecular complexity index is 262. The first kappa shape index (κ1) is 11.3. The van der Waals surface area contributed by atoms with Gasteiger partial charge in [0.2, 0.25) is 0 Å². The number of aromatic nitrogens is 1. The minimum atomic E-state index is -0.0404. The number of aryl methyl sites for hydroxylation is 1. The predicted molar refractivity (Wildman–Crippen MR) is 63.5 cm³/mol. The SMILES string of the molecule is CSC(SC)(SC)c1cc(C)no1. The molecule has 0 N–H and O–H groups in total. The van der Waals surface area contributed by atoms with Crippen LogP contribution in [0.15, 0.2) is 10.6 Å². The number of nitrogens with zero attached hydrogens (tertiary/aromatic N) is 1. The Labute approximate surface area is 91.6 Å². The molecular weight excluding hydrogens is 222 g/mol. The molecule has 1 rings (SSSR count). The summed E-state index contributed by atoms with van der Waals surface area (Å²) < 4.78 is 5.25. The lowest BCUT2D eigenvalue weighted by Crippen LogP contribution is -2.09. The maximum absolute atomic E-state index is 5.29. The van der Waals surface area contributed by atoms with Gasteiger partial charge in [-0.1, -0.05) is 5.16 Å². The molecule has 1 aromatic heterocycles. The molecule has 1 aromatic rings. The van der Waals surface area contributed by atoms with Gasteiger partial charge in [0.15, 0.2) is 9.17 Å². The highest BCUT2D eigenvalue weighted by Gasteiger charge is 2.33. The van der Waals surface area contributed by atoms with Crippen molar-refractivity contribution in [2.45, 2.75) is 10.3 Å². The van der Waals surface area contributed by atoms with Crippen LogP contribution in [-0.4, -0.2) is 23.9 Å². The minimum absolute atomic E-state index is 0.0404. The Morgan fingerprint density at radius 3 is 2.08 bits per heavy atom. The molecule has 0 atom stereocenters. The summed E-state index contributed by atoms with van der Waals surface area (Å²) in [6.07, 6.45) is 6.26. The van der Waals surface area contributed by atoms with Crippen molar-refractivity contribution < 1.29 is 4.52 Å². The van der Waals surface area contributed by atoms with Crippen LogP contribution in [-0.2, 0) is 3.41 Å². The first-order valence-electron chi connectivity index (χ1n) is 3.77. The minimum Gasteiger partial charge on any atom is -0.358 e. The van der Waals surface area contributed by atoms with E-state index in [4.69, 9.17) is 4.52 Å². The largest absolute Gasteiger partial charge is 0.358 e. The van der Waals surface area contributed by atoms with Crippen LogP contribution in [0.1, 0.15) is 11.5 Å². The highest BCUT2D eigenvalue weighted by molar-refractivity contribution is 8.32. The summed E-state index contributed by atoms with van der Waals surface area (Å²) in [6, 6.07) is 2.00. The fourth-order valence-electron chi connectivity index (χ4n) is 1.06. The van der Waals surface area contributed by atoms with Crippen LogP contribution in [0.25, 0.3) is 0 Å². The summed E-state index contributed by atoms with van der Waals surface area (Å²) in [5.41, 5.74) is 0.941. The van der Waals surface area contributed by atoms with Crippen molar-refractivity contribution in [1.82, 2.24) is 5.16 Å². The first-order valence-corrected chi connectivity index (χ1v) is 7.45. The van der Waals surface area contributed by atoms with E-state index in [1.807, 2.05) is 13.0 Å². The van der Waals surface area contributed by atoms with Gasteiger partial charge in [0.05, 0.1) is 5.69 Å². The molecule has 0 amide bonds. The molecule has 0 aliphatic carbocycles. The van der Waals surface area contributed by atoms with Gasteiger partial charge < -0.3 is 4.52 Å². The highest BCUT2D eigenvalue weighted by Crippen LogP contribution is 2.52. The normalized spacial score (nSPS) is 12.0. The molecule has 0 saturated carbocycles. The topological polar surface area (TPSA) is 26.0 Å². The van der Waals surface area contributed by atoms with Crippen LogP contribution in [0.4, 0.5) is 0 Å². The summed E-state index contributed by atoms with van der Waals surface area (Å²) >= 11 is 5.33. The predicted octanol–water partition coefficient (Wildman–Crippen LogP) is 3.18. The van der Waals surface area contributed by atoms with Gasteiger partial charge >= 0.3 is 0 Å². The average molecular weight is 235 g/mol. The number of thioether (sulfide) groups is 3. The van der Waals surface area contributed by atoms with Gasteiger partial charge in [0.25, 0.3) is 0 Å². The lowest BCUT2D eigenvalue weighted by molar-refractivity contribution is 0.386. The van der Waals surface area contributed by atoms with Crippen LogP contribution in [0.2, 0.25) is 0 Å². The molecule has 1 heterocycles. The first-order chi connectivity index (χ1) is 6.18. The fraction of sp³-hybridized carbons (Fsp3) is 0.625. The van der Waals surface area contributed by atoms with Crippen LogP contribution in [0.5, 0.6) is 0 Å². The Morgan fingerprint density at radius 1 is 1.23 bits per heavy atom. The Kier molecular flexibility index (Phi) is 4.06. The second-order valence-corrected chi connectivity index (χ2v) is 6.34. The van der Waals surface area contributed by atoms with Gasteiger partial charge in [-0.2, -0.15) is 0 Å². The van der Waals surface area contributed by atoms with Gasteiger partial charge in [-0.15, -0.1) is 35.3 Å². The van der Waals surface area contributed by atoms with E-state index in [-0.39, 0.29) is 3.41 Å². The smallest absolute Gasteiger partial charge is 0.173 e. The van der Waals surface area contributed by atoms with Crippen molar-refractivity contribution in [2.24, 2.45) is 0 Å². The van der Waals surface area contributed by atoms with Gasteiger partial charge in [-0.05, 0) is 25.7 Å². The van der Waals surface area contributed by atoms with Crippen LogP contribution in [0.3, 0.4) is 0 Å². The third-order valence-corrected chi connectivity index (χ3v) is 6.95. The maximum atomic E-state index is 5.29. The number of rotatable bonds is 4. The molecule has 0 saturated heterocycles. The van der Waals surface area contributed by atoms with E-state index >= 15 is 0 Å². The van der Waals surface area contributed by atoms with Gasteiger partial charge in [-0.25, -0.2) is 0 Å². The summed E-state index contributed by atoms with van der Waals surface area (Å²) in [5.74, 6) is 0.942. The van der Waals surface area contributed by atoms with Crippen molar-refractivity contribution in [2.75, 3.05) is 18.8 Å². The van der Waals surface area contributed by atoms with Gasteiger partial charge in [0.1, 0.15) is 0 Å². The zero-order chi connectivity index (χ0) is 9.90. The number of hydrogen-bond acceptors (Lipinski definition) is 5. The van der Waals surface area contributed by atoms with Crippen molar-refractivity contribution in [1.29, 1.82) is 0 Å². The molecule has 0 fully saturated rings. The van der Waals surface area contributed by atoms with Crippen molar-refractivity contribution in [3.63, 3.8) is 0 Å². The summed E-state index contributed by atoms with van der Waals surface area (Å²) in [6.45, 7) is 1.94. The lowest BCUT2D eigenvalue weighted by Gasteiger charge is -2.24. The number of hydrogen-bond donors (Lipinski definition) is 0. The van der Waals surface area contributed by atoms with E-state index in [0.717, 1.165) is 11.5 Å². The Hall–Kier alpha value is 0.260. The second-order valence-electron chi connectivity index (χ2n) is 2.50. The molecule has 2 nitrogen and oxygen atoms in total. The monoisotopic (exact) mass is 235 g/mol. The average Bonchev–Trinajstić information content (AvgIpc) is 2.57. The van der Waals surface area contributed by atoms with Gasteiger partial charge in [0, 0.05) is 6.07 Å². The quantitative estimate of drug-likeness (QED) is 0.747. The lowest BCUT2D eigenvalue weighted by atomic mass is 10.4. The summed E-state index contributed by atoms with van der Waals surface area (Å²) in [5, 5.41) is 3.91. The highest BCUT2D eigenvalue weighted by atomic mass is 32.3. The van der Waals surface area contributed by atoms with Gasteiger partial charge in [-0.3, -0.25) is 0 Å². The molecule has 0 spiro atoms. The van der Waals surface area contributed by atoms with E-state index in [2.05, 4.69) is 23.9 Å². The molecule has 5 heteroatoms. The van der Waals surface area contributed by atoms with E-state index in [0.29, 0.717) is 0 Å². The van der Waals surface area contributed by atoms with E-state index in [1.165, 1.54) is 0 Å². The molecule has 0 aliphatic rings. The molecule has 0 unspecified atom stereocenters. The second kappa shape index (κ2) is 4.66. The zero-order valence-electron chi connectivity index (χ0n) is 8.16. The third kappa shape index (κ3) is 2.19. The molecule has 0 aromatic carbocycles. The Balaban J connectivity index is 3.00. The Morgan fingerprint density at radius 2 is 1.77 bits per heavy atom. The molecule has 74 valence electrons. The summed E-state index contributed by atoms with van der Waals surface area (Å²) in [7, 11) is 0. The third-order valence-electron chi connectivity index (χ3n) is 1.74. The van der Waals surface area contributed by atoms with Crippen LogP contribution < -0.4 is 0 Å². The van der Waals surface area contributed by atoms with Crippen molar-refractivity contribution in [3.8, 4) is 0 Å². The zero-order valence-corrected chi connectivity index (χ0v) is 10.6.